The van der Waals surface area contributed by atoms with E-state index >= 15 is 0 Å². The predicted octanol–water partition coefficient (Wildman–Crippen LogP) is 2.91. The van der Waals surface area contributed by atoms with E-state index in [1.54, 1.807) is 30.3 Å². The Hall–Kier alpha value is -2.93. The number of hydrogen-bond acceptors (Lipinski definition) is 4. The molecule has 0 saturated heterocycles. The van der Waals surface area contributed by atoms with E-state index < -0.39 is 17.4 Å². The number of primary amides is 1. The van der Waals surface area contributed by atoms with Crippen molar-refractivity contribution in [1.82, 2.24) is 0 Å². The number of fused-ring (bicyclic) bond motifs is 1. The maximum Gasteiger partial charge on any atom is 0.349 e. The topological polar surface area (TPSA) is 102 Å². The van der Waals surface area contributed by atoms with Gasteiger partial charge < -0.3 is 15.5 Å². The van der Waals surface area contributed by atoms with Crippen molar-refractivity contribution < 1.29 is 14.0 Å². The van der Waals surface area contributed by atoms with Gasteiger partial charge in [0.1, 0.15) is 11.1 Å². The minimum atomic E-state index is -0.765. The first kappa shape index (κ1) is 15.9. The summed E-state index contributed by atoms with van der Waals surface area (Å²) >= 11 is 3.32. The molecule has 0 fully saturated rings. The molecule has 0 bridgehead atoms. The third kappa shape index (κ3) is 3.07. The van der Waals surface area contributed by atoms with Gasteiger partial charge >= 0.3 is 5.63 Å². The monoisotopic (exact) mass is 386 g/mol. The van der Waals surface area contributed by atoms with Gasteiger partial charge in [-0.05, 0) is 36.4 Å². The number of nitrogens with two attached hydrogens (primary N) is 1. The molecule has 24 heavy (non-hydrogen) atoms. The van der Waals surface area contributed by atoms with Gasteiger partial charge in [0.05, 0.1) is 11.3 Å². The number of benzene rings is 2. The number of anilines is 1. The van der Waals surface area contributed by atoms with Gasteiger partial charge in [-0.2, -0.15) is 0 Å². The standard InChI is InChI=1S/C17H11BrN2O4/c18-10-5-6-14-9(7-10)8-12(17(23)24-14)16(22)20-13-4-2-1-3-11(13)15(19)21/h1-8H,(H2,19,21)(H,20,22). The van der Waals surface area contributed by atoms with Crippen LogP contribution in [0.15, 0.2) is 62.2 Å². The quantitative estimate of drug-likeness (QED) is 0.675. The van der Waals surface area contributed by atoms with Crippen LogP contribution in [0.5, 0.6) is 0 Å². The molecule has 1 heterocycles. The molecule has 3 rings (SSSR count). The minimum absolute atomic E-state index is 0.152. The summed E-state index contributed by atoms with van der Waals surface area (Å²) in [6, 6.07) is 12.8. The second kappa shape index (κ2) is 6.29. The third-order valence-electron chi connectivity index (χ3n) is 3.38. The molecule has 0 radical (unpaired) electrons. The predicted molar refractivity (Wildman–Crippen MR) is 93.1 cm³/mol. The highest BCUT2D eigenvalue weighted by atomic mass is 79.9. The van der Waals surface area contributed by atoms with Crippen molar-refractivity contribution in [2.24, 2.45) is 5.73 Å². The summed E-state index contributed by atoms with van der Waals surface area (Å²) in [6.45, 7) is 0. The molecule has 0 saturated carbocycles. The normalized spacial score (nSPS) is 10.5. The molecule has 6 nitrogen and oxygen atoms in total. The van der Waals surface area contributed by atoms with Crippen LogP contribution in [0, 0.1) is 0 Å². The van der Waals surface area contributed by atoms with E-state index in [-0.39, 0.29) is 16.8 Å². The minimum Gasteiger partial charge on any atom is -0.422 e. The number of para-hydroxylation sites is 1. The Kier molecular flexibility index (Phi) is 4.18. The van der Waals surface area contributed by atoms with Crippen molar-refractivity contribution in [2.45, 2.75) is 0 Å². The van der Waals surface area contributed by atoms with Crippen LogP contribution >= 0.6 is 15.9 Å². The van der Waals surface area contributed by atoms with Crippen molar-refractivity contribution in [3.05, 3.63) is 74.6 Å². The average Bonchev–Trinajstić information content (AvgIpc) is 2.54. The van der Waals surface area contributed by atoms with Gasteiger partial charge in [0.15, 0.2) is 0 Å². The number of halogens is 1. The van der Waals surface area contributed by atoms with Crippen LogP contribution in [0.2, 0.25) is 0 Å². The molecule has 1 aromatic heterocycles. The molecule has 7 heteroatoms. The molecular formula is C17H11BrN2O4. The summed E-state index contributed by atoms with van der Waals surface area (Å²) in [4.78, 5) is 35.8. The van der Waals surface area contributed by atoms with Crippen LogP contribution in [0.1, 0.15) is 20.7 Å². The summed E-state index contributed by atoms with van der Waals surface area (Å²) in [7, 11) is 0. The molecule has 3 N–H and O–H groups in total. The Morgan fingerprint density at radius 2 is 1.79 bits per heavy atom. The molecule has 0 unspecified atom stereocenters. The van der Waals surface area contributed by atoms with Crippen molar-refractivity contribution in [3.8, 4) is 0 Å². The Balaban J connectivity index is 2.02. The molecule has 0 atom stereocenters. The molecule has 0 spiro atoms. The lowest BCUT2D eigenvalue weighted by Crippen LogP contribution is -2.23. The summed E-state index contributed by atoms with van der Waals surface area (Å²) in [5.41, 5.74) is 5.09. The number of carbonyl (C=O) groups excluding carboxylic acids is 2. The number of carbonyl (C=O) groups is 2. The molecule has 0 aliphatic carbocycles. The molecule has 3 aromatic rings. The average molecular weight is 387 g/mol. The Labute approximate surface area is 144 Å². The smallest absolute Gasteiger partial charge is 0.349 e. The molecule has 0 aliphatic rings. The van der Waals surface area contributed by atoms with E-state index in [1.807, 2.05) is 0 Å². The summed E-state index contributed by atoms with van der Waals surface area (Å²) in [5, 5.41) is 3.11. The van der Waals surface area contributed by atoms with E-state index in [0.717, 1.165) is 4.47 Å². The van der Waals surface area contributed by atoms with Crippen LogP contribution in [0.3, 0.4) is 0 Å². The highest BCUT2D eigenvalue weighted by Crippen LogP contribution is 2.20. The molecule has 2 amide bonds. The number of hydrogen-bond donors (Lipinski definition) is 2. The Morgan fingerprint density at radius 1 is 1.04 bits per heavy atom. The largest absolute Gasteiger partial charge is 0.422 e. The van der Waals surface area contributed by atoms with Crippen LogP contribution in [-0.2, 0) is 0 Å². The second-order valence-corrected chi connectivity index (χ2v) is 5.91. The third-order valence-corrected chi connectivity index (χ3v) is 3.87. The molecule has 0 aliphatic heterocycles. The lowest BCUT2D eigenvalue weighted by Gasteiger charge is -2.08. The lowest BCUT2D eigenvalue weighted by atomic mass is 10.1. The zero-order valence-electron chi connectivity index (χ0n) is 12.2. The van der Waals surface area contributed by atoms with E-state index in [9.17, 15) is 14.4 Å². The van der Waals surface area contributed by atoms with Gasteiger partial charge in [0.2, 0.25) is 0 Å². The lowest BCUT2D eigenvalue weighted by molar-refractivity contribution is 0.100. The maximum absolute atomic E-state index is 12.4. The van der Waals surface area contributed by atoms with Crippen LogP contribution < -0.4 is 16.7 Å². The van der Waals surface area contributed by atoms with Gasteiger partial charge in [-0.15, -0.1) is 0 Å². The van der Waals surface area contributed by atoms with Gasteiger partial charge in [0.25, 0.3) is 11.8 Å². The van der Waals surface area contributed by atoms with Crippen molar-refractivity contribution in [3.63, 3.8) is 0 Å². The highest BCUT2D eigenvalue weighted by molar-refractivity contribution is 9.10. The van der Waals surface area contributed by atoms with Crippen LogP contribution in [0.4, 0.5) is 5.69 Å². The number of amides is 2. The van der Waals surface area contributed by atoms with Gasteiger partial charge in [-0.25, -0.2) is 4.79 Å². The zero-order valence-corrected chi connectivity index (χ0v) is 13.8. The number of rotatable bonds is 3. The molecule has 2 aromatic carbocycles. The SMILES string of the molecule is NC(=O)c1ccccc1NC(=O)c1cc2cc(Br)ccc2oc1=O. The van der Waals surface area contributed by atoms with E-state index in [4.69, 9.17) is 10.2 Å². The Morgan fingerprint density at radius 3 is 2.54 bits per heavy atom. The summed E-state index contributed by atoms with van der Waals surface area (Å²) in [6.07, 6.45) is 0. The Bertz CT molecular complexity index is 1030. The van der Waals surface area contributed by atoms with Crippen molar-refractivity contribution in [2.75, 3.05) is 5.32 Å². The first-order valence-electron chi connectivity index (χ1n) is 6.89. The molecule has 120 valence electrons. The summed E-state index contributed by atoms with van der Waals surface area (Å²) < 4.78 is 5.94. The zero-order chi connectivity index (χ0) is 17.3. The fourth-order valence-electron chi connectivity index (χ4n) is 2.25. The van der Waals surface area contributed by atoms with E-state index in [0.29, 0.717) is 11.0 Å². The second-order valence-electron chi connectivity index (χ2n) is 4.99. The first-order chi connectivity index (χ1) is 11.5. The van der Waals surface area contributed by atoms with E-state index in [1.165, 1.54) is 18.2 Å². The van der Waals surface area contributed by atoms with Gasteiger partial charge in [-0.1, -0.05) is 28.1 Å². The molecular weight excluding hydrogens is 376 g/mol. The van der Waals surface area contributed by atoms with Crippen molar-refractivity contribution in [1.29, 1.82) is 0 Å². The fourth-order valence-corrected chi connectivity index (χ4v) is 2.63. The maximum atomic E-state index is 12.4. The fraction of sp³-hybridized carbons (Fsp3) is 0. The van der Waals surface area contributed by atoms with Crippen LogP contribution in [-0.4, -0.2) is 11.8 Å². The van der Waals surface area contributed by atoms with Gasteiger partial charge in [0, 0.05) is 9.86 Å². The number of nitrogens with one attached hydrogen (secondary N) is 1. The summed E-state index contributed by atoms with van der Waals surface area (Å²) in [5.74, 6) is -1.36. The van der Waals surface area contributed by atoms with E-state index in [2.05, 4.69) is 21.2 Å². The first-order valence-corrected chi connectivity index (χ1v) is 7.68. The van der Waals surface area contributed by atoms with Crippen molar-refractivity contribution >= 4 is 44.4 Å². The van der Waals surface area contributed by atoms with Crippen LogP contribution in [0.25, 0.3) is 11.0 Å². The highest BCUT2D eigenvalue weighted by Gasteiger charge is 2.16. The van der Waals surface area contributed by atoms with Gasteiger partial charge in [-0.3, -0.25) is 9.59 Å².